The van der Waals surface area contributed by atoms with E-state index in [0.717, 1.165) is 49.1 Å². The molecule has 0 spiro atoms. The highest BCUT2D eigenvalue weighted by Gasteiger charge is 2.24. The van der Waals surface area contributed by atoms with Crippen LogP contribution in [0.1, 0.15) is 49.8 Å². The van der Waals surface area contributed by atoms with Gasteiger partial charge in [0, 0.05) is 50.9 Å². The van der Waals surface area contributed by atoms with Gasteiger partial charge < -0.3 is 9.80 Å². The number of carbonyl (C=O) groups is 1. The van der Waals surface area contributed by atoms with Crippen LogP contribution in [-0.2, 0) is 4.79 Å². The minimum atomic E-state index is 0.0726. The fourth-order valence-corrected chi connectivity index (χ4v) is 3.60. The van der Waals surface area contributed by atoms with Gasteiger partial charge in [-0.25, -0.2) is 9.97 Å². The van der Waals surface area contributed by atoms with Gasteiger partial charge in [-0.2, -0.15) is 0 Å². The summed E-state index contributed by atoms with van der Waals surface area (Å²) >= 11 is 0. The lowest BCUT2D eigenvalue weighted by molar-refractivity contribution is -0.133. The van der Waals surface area contributed by atoms with E-state index in [2.05, 4.69) is 53.8 Å². The zero-order valence-electron chi connectivity index (χ0n) is 18.3. The number of anilines is 1. The van der Waals surface area contributed by atoms with Crippen LogP contribution >= 0.6 is 0 Å². The average molecular weight is 396 g/mol. The number of aryl methyl sites for hydroxylation is 1. The van der Waals surface area contributed by atoms with Crippen molar-refractivity contribution in [1.29, 1.82) is 0 Å². The number of piperazine rings is 1. The lowest BCUT2D eigenvalue weighted by Gasteiger charge is -2.36. The Balaban J connectivity index is 1.55. The first-order chi connectivity index (χ1) is 13.8. The second-order valence-electron chi connectivity index (χ2n) is 8.23. The van der Waals surface area contributed by atoms with Crippen molar-refractivity contribution < 1.29 is 4.79 Å². The fraction of sp³-hybridized carbons (Fsp3) is 0.522. The molecule has 156 valence electrons. The molecule has 1 aliphatic rings. The summed E-state index contributed by atoms with van der Waals surface area (Å²) in [4.78, 5) is 28.5. The number of hydrogen-bond donors (Lipinski definition) is 0. The molecule has 29 heavy (non-hydrogen) atoms. The highest BCUT2D eigenvalue weighted by atomic mass is 16.2. The number of likely N-dealkylation sites (N-methyl/N-ethyl adjacent to an activating group) is 1. The van der Waals surface area contributed by atoms with Crippen LogP contribution in [0.2, 0.25) is 0 Å². The summed E-state index contributed by atoms with van der Waals surface area (Å²) in [6, 6.07) is 12.3. The molecule has 0 radical (unpaired) electrons. The quantitative estimate of drug-likeness (QED) is 0.752. The number of nitrogens with zero attached hydrogens (tertiary/aromatic N) is 5. The topological polar surface area (TPSA) is 52.6 Å². The summed E-state index contributed by atoms with van der Waals surface area (Å²) < 4.78 is 0. The van der Waals surface area contributed by atoms with Crippen LogP contribution in [0.3, 0.4) is 0 Å². The molecule has 0 aliphatic carbocycles. The summed E-state index contributed by atoms with van der Waals surface area (Å²) in [6.07, 6.45) is 0. The number of rotatable bonds is 6. The van der Waals surface area contributed by atoms with Crippen LogP contribution in [0.15, 0.2) is 36.4 Å². The normalized spacial score (nSPS) is 16.1. The molecule has 1 amide bonds. The lowest BCUT2D eigenvalue weighted by Crippen LogP contribution is -2.50. The van der Waals surface area contributed by atoms with Crippen molar-refractivity contribution in [2.75, 3.05) is 44.7 Å². The predicted molar refractivity (Wildman–Crippen MR) is 117 cm³/mol. The van der Waals surface area contributed by atoms with Gasteiger partial charge in [0.15, 0.2) is 0 Å². The van der Waals surface area contributed by atoms with Crippen LogP contribution < -0.4 is 4.90 Å². The van der Waals surface area contributed by atoms with Gasteiger partial charge in [-0.1, -0.05) is 44.2 Å². The molecule has 0 bridgehead atoms. The van der Waals surface area contributed by atoms with Crippen molar-refractivity contribution in [3.8, 4) is 0 Å². The SMILES string of the molecule is Cc1cc(N2CCN(CC(=O)N(C)[C@@H](C)c3ccccc3)CC2)nc(C(C)C)n1. The minimum Gasteiger partial charge on any atom is -0.354 e. The van der Waals surface area contributed by atoms with E-state index in [-0.39, 0.29) is 11.9 Å². The van der Waals surface area contributed by atoms with E-state index < -0.39 is 0 Å². The Morgan fingerprint density at radius 1 is 1.07 bits per heavy atom. The van der Waals surface area contributed by atoms with Crippen LogP contribution in [-0.4, -0.2) is 65.4 Å². The highest BCUT2D eigenvalue weighted by Crippen LogP contribution is 2.20. The van der Waals surface area contributed by atoms with Gasteiger partial charge >= 0.3 is 0 Å². The first-order valence-corrected chi connectivity index (χ1v) is 10.5. The molecule has 1 aromatic carbocycles. The van der Waals surface area contributed by atoms with Gasteiger partial charge in [0.1, 0.15) is 11.6 Å². The summed E-state index contributed by atoms with van der Waals surface area (Å²) in [5.41, 5.74) is 2.17. The van der Waals surface area contributed by atoms with Crippen molar-refractivity contribution in [2.24, 2.45) is 0 Å². The Kier molecular flexibility index (Phi) is 6.85. The van der Waals surface area contributed by atoms with Crippen LogP contribution in [0.25, 0.3) is 0 Å². The molecular weight excluding hydrogens is 362 g/mol. The second-order valence-corrected chi connectivity index (χ2v) is 8.23. The lowest BCUT2D eigenvalue weighted by atomic mass is 10.1. The number of hydrogen-bond acceptors (Lipinski definition) is 5. The maximum atomic E-state index is 12.8. The summed E-state index contributed by atoms with van der Waals surface area (Å²) in [6.45, 7) is 12.3. The highest BCUT2D eigenvalue weighted by molar-refractivity contribution is 5.78. The molecule has 3 rings (SSSR count). The van der Waals surface area contributed by atoms with Gasteiger partial charge in [0.05, 0.1) is 12.6 Å². The Morgan fingerprint density at radius 3 is 2.34 bits per heavy atom. The minimum absolute atomic E-state index is 0.0726. The number of aromatic nitrogens is 2. The van der Waals surface area contributed by atoms with Crippen LogP contribution in [0.5, 0.6) is 0 Å². The van der Waals surface area contributed by atoms with E-state index >= 15 is 0 Å². The van der Waals surface area contributed by atoms with Crippen molar-refractivity contribution in [2.45, 2.75) is 39.7 Å². The first-order valence-electron chi connectivity index (χ1n) is 10.5. The molecule has 1 fully saturated rings. The smallest absolute Gasteiger partial charge is 0.236 e. The van der Waals surface area contributed by atoms with Gasteiger partial charge in [0.25, 0.3) is 0 Å². The van der Waals surface area contributed by atoms with Gasteiger partial charge in [0.2, 0.25) is 5.91 Å². The number of benzene rings is 1. The monoisotopic (exact) mass is 395 g/mol. The average Bonchev–Trinajstić information content (AvgIpc) is 2.73. The first kappa shape index (κ1) is 21.2. The largest absolute Gasteiger partial charge is 0.354 e. The predicted octanol–water partition coefficient (Wildman–Crippen LogP) is 3.25. The van der Waals surface area contributed by atoms with E-state index in [4.69, 9.17) is 4.98 Å². The zero-order chi connectivity index (χ0) is 21.0. The van der Waals surface area contributed by atoms with Crippen LogP contribution in [0, 0.1) is 6.92 Å². The zero-order valence-corrected chi connectivity index (χ0v) is 18.3. The third-order valence-corrected chi connectivity index (χ3v) is 5.69. The van der Waals surface area contributed by atoms with E-state index in [1.54, 1.807) is 0 Å². The van der Waals surface area contributed by atoms with Gasteiger partial charge in [-0.3, -0.25) is 9.69 Å². The molecule has 1 aliphatic heterocycles. The number of carbonyl (C=O) groups excluding carboxylic acids is 1. The third kappa shape index (κ3) is 5.32. The second kappa shape index (κ2) is 9.35. The molecule has 1 aromatic heterocycles. The molecule has 2 aromatic rings. The Morgan fingerprint density at radius 2 is 1.72 bits per heavy atom. The molecule has 0 N–H and O–H groups in total. The molecular formula is C23H33N5O. The van der Waals surface area contributed by atoms with Gasteiger partial charge in [-0.15, -0.1) is 0 Å². The molecule has 0 saturated carbocycles. The van der Waals surface area contributed by atoms with E-state index in [1.807, 2.05) is 37.1 Å². The summed E-state index contributed by atoms with van der Waals surface area (Å²) in [5, 5.41) is 0. The maximum absolute atomic E-state index is 12.8. The Labute approximate surface area is 174 Å². The number of amides is 1. The fourth-order valence-electron chi connectivity index (χ4n) is 3.60. The molecule has 1 atom stereocenters. The van der Waals surface area contributed by atoms with Crippen molar-refractivity contribution >= 4 is 11.7 Å². The van der Waals surface area contributed by atoms with E-state index in [0.29, 0.717) is 12.5 Å². The third-order valence-electron chi connectivity index (χ3n) is 5.69. The van der Waals surface area contributed by atoms with Crippen molar-refractivity contribution in [3.05, 3.63) is 53.5 Å². The van der Waals surface area contributed by atoms with Crippen LogP contribution in [0.4, 0.5) is 5.82 Å². The summed E-state index contributed by atoms with van der Waals surface area (Å²) in [5.74, 6) is 2.38. The molecule has 0 unspecified atom stereocenters. The van der Waals surface area contributed by atoms with Crippen molar-refractivity contribution in [1.82, 2.24) is 19.8 Å². The Hall–Kier alpha value is -2.47. The van der Waals surface area contributed by atoms with E-state index in [9.17, 15) is 4.79 Å². The molecule has 2 heterocycles. The van der Waals surface area contributed by atoms with Crippen molar-refractivity contribution in [3.63, 3.8) is 0 Å². The Bertz CT molecular complexity index is 815. The van der Waals surface area contributed by atoms with E-state index in [1.165, 1.54) is 0 Å². The molecule has 6 heteroatoms. The molecule has 6 nitrogen and oxygen atoms in total. The van der Waals surface area contributed by atoms with Gasteiger partial charge in [-0.05, 0) is 19.4 Å². The standard InChI is InChI=1S/C23H33N5O/c1-17(2)23-24-18(3)15-21(25-23)28-13-11-27(12-14-28)16-22(29)26(5)19(4)20-9-7-6-8-10-20/h6-10,15,17,19H,11-14,16H2,1-5H3/t19-/m0/s1. The summed E-state index contributed by atoms with van der Waals surface area (Å²) in [7, 11) is 1.90. The molecule has 1 saturated heterocycles. The maximum Gasteiger partial charge on any atom is 0.236 e.